The maximum absolute atomic E-state index is 10.5. The molecule has 2 heterocycles. The summed E-state index contributed by atoms with van der Waals surface area (Å²) in [5.74, 6) is -0.576. The molecule has 0 spiro atoms. The summed E-state index contributed by atoms with van der Waals surface area (Å²) >= 11 is 0. The first-order valence-electron chi connectivity index (χ1n) is 4.07. The van der Waals surface area contributed by atoms with Gasteiger partial charge in [0.1, 0.15) is 5.76 Å². The minimum Gasteiger partial charge on any atom is -0.474 e. The summed E-state index contributed by atoms with van der Waals surface area (Å²) < 4.78 is 5.08. The van der Waals surface area contributed by atoms with Crippen LogP contribution in [0.5, 0.6) is 0 Å². The van der Waals surface area contributed by atoms with Gasteiger partial charge in [-0.3, -0.25) is 4.90 Å². The van der Waals surface area contributed by atoms with Gasteiger partial charge in [0, 0.05) is 19.5 Å². The number of hydrogen-bond donors (Lipinski definition) is 1. The Balaban J connectivity index is 2.33. The molecule has 0 radical (unpaired) electrons. The number of carboxylic acid groups (broad SMARTS) is 1. The molecule has 5 nitrogen and oxygen atoms in total. The number of fused-ring (bicyclic) bond motifs is 1. The molecule has 0 unspecified atom stereocenters. The normalized spacial score (nSPS) is 17.0. The number of rotatable bonds is 1. The minimum atomic E-state index is -1.10. The summed E-state index contributed by atoms with van der Waals surface area (Å²) in [6, 6.07) is 0. The Morgan fingerprint density at radius 1 is 1.69 bits per heavy atom. The minimum absolute atomic E-state index is 0.194. The van der Waals surface area contributed by atoms with Crippen molar-refractivity contribution < 1.29 is 14.3 Å². The van der Waals surface area contributed by atoms with Gasteiger partial charge in [0.25, 0.3) is 0 Å². The zero-order valence-electron chi connectivity index (χ0n) is 7.28. The van der Waals surface area contributed by atoms with Gasteiger partial charge in [0.05, 0.1) is 5.69 Å². The van der Waals surface area contributed by atoms with Gasteiger partial charge in [-0.05, 0) is 7.05 Å². The van der Waals surface area contributed by atoms with E-state index in [1.165, 1.54) is 0 Å². The fourth-order valence-electron chi connectivity index (χ4n) is 1.42. The molecule has 5 heteroatoms. The topological polar surface area (TPSA) is 66.6 Å². The Bertz CT molecular complexity index is 345. The van der Waals surface area contributed by atoms with Gasteiger partial charge >= 0.3 is 11.9 Å². The average Bonchev–Trinajstić information content (AvgIpc) is 2.46. The van der Waals surface area contributed by atoms with Crippen LogP contribution in [0.2, 0.25) is 0 Å². The number of carbonyl (C=O) groups is 1. The highest BCUT2D eigenvalue weighted by molar-refractivity contribution is 5.82. The second-order valence-electron chi connectivity index (χ2n) is 3.18. The number of aromatic carboxylic acids is 1. The lowest BCUT2D eigenvalue weighted by molar-refractivity contribution is 0.0651. The summed E-state index contributed by atoms with van der Waals surface area (Å²) in [7, 11) is 1.97. The molecule has 0 saturated heterocycles. The first-order chi connectivity index (χ1) is 6.16. The Morgan fingerprint density at radius 3 is 3.15 bits per heavy atom. The quantitative estimate of drug-likeness (QED) is 0.679. The number of carboxylic acids is 1. The number of aromatic nitrogens is 1. The monoisotopic (exact) mass is 182 g/mol. The van der Waals surface area contributed by atoms with Gasteiger partial charge in [-0.1, -0.05) is 0 Å². The van der Waals surface area contributed by atoms with Crippen molar-refractivity contribution in [1.82, 2.24) is 9.88 Å². The van der Waals surface area contributed by atoms with Crippen molar-refractivity contribution in [2.75, 3.05) is 13.6 Å². The number of hydrogen-bond acceptors (Lipinski definition) is 4. The summed E-state index contributed by atoms with van der Waals surface area (Å²) in [5, 5.41) is 8.63. The maximum atomic E-state index is 10.5. The fraction of sp³-hybridized carbons (Fsp3) is 0.500. The summed E-state index contributed by atoms with van der Waals surface area (Å²) in [4.78, 5) is 16.5. The zero-order chi connectivity index (χ0) is 9.42. The third kappa shape index (κ3) is 1.42. The van der Waals surface area contributed by atoms with E-state index in [0.717, 1.165) is 24.4 Å². The Hall–Kier alpha value is -1.36. The molecule has 0 bridgehead atoms. The first-order valence-corrected chi connectivity index (χ1v) is 4.07. The number of likely N-dealkylation sites (N-methyl/N-ethyl adjacent to an activating group) is 1. The van der Waals surface area contributed by atoms with Crippen LogP contribution in [0.4, 0.5) is 0 Å². The zero-order valence-corrected chi connectivity index (χ0v) is 7.28. The third-order valence-electron chi connectivity index (χ3n) is 2.10. The molecular formula is C8H10N2O3. The Labute approximate surface area is 75.0 Å². The van der Waals surface area contributed by atoms with Crippen LogP contribution in [-0.4, -0.2) is 34.6 Å². The van der Waals surface area contributed by atoms with Crippen molar-refractivity contribution in [2.45, 2.75) is 13.0 Å². The van der Waals surface area contributed by atoms with Crippen molar-refractivity contribution in [2.24, 2.45) is 0 Å². The lowest BCUT2D eigenvalue weighted by Crippen LogP contribution is -2.25. The van der Waals surface area contributed by atoms with Crippen molar-refractivity contribution in [1.29, 1.82) is 0 Å². The van der Waals surface area contributed by atoms with E-state index < -0.39 is 5.97 Å². The molecule has 0 aromatic carbocycles. The predicted molar refractivity (Wildman–Crippen MR) is 43.5 cm³/mol. The summed E-state index contributed by atoms with van der Waals surface area (Å²) in [5.41, 5.74) is 0.756. The lowest BCUT2D eigenvalue weighted by Gasteiger charge is -2.19. The van der Waals surface area contributed by atoms with Crippen LogP contribution in [0.3, 0.4) is 0 Å². The van der Waals surface area contributed by atoms with Gasteiger partial charge in [-0.2, -0.15) is 0 Å². The molecular weight excluding hydrogens is 172 g/mol. The molecule has 13 heavy (non-hydrogen) atoms. The van der Waals surface area contributed by atoms with Gasteiger partial charge in [0.15, 0.2) is 0 Å². The van der Waals surface area contributed by atoms with Gasteiger partial charge < -0.3 is 9.52 Å². The van der Waals surface area contributed by atoms with Crippen LogP contribution in [0.15, 0.2) is 4.42 Å². The second kappa shape index (κ2) is 2.85. The van der Waals surface area contributed by atoms with Gasteiger partial charge in [-0.15, -0.1) is 0 Å². The van der Waals surface area contributed by atoms with E-state index in [9.17, 15) is 4.79 Å². The summed E-state index contributed by atoms with van der Waals surface area (Å²) in [6.07, 6.45) is 0.742. The molecule has 0 amide bonds. The molecule has 70 valence electrons. The molecule has 1 N–H and O–H groups in total. The Kier molecular flexibility index (Phi) is 1.81. The SMILES string of the molecule is CN1CCc2oc(C(=O)O)nc2C1. The van der Waals surface area contributed by atoms with E-state index in [1.54, 1.807) is 0 Å². The van der Waals surface area contributed by atoms with E-state index >= 15 is 0 Å². The molecule has 1 aromatic rings. The molecule has 1 aromatic heterocycles. The van der Waals surface area contributed by atoms with Crippen molar-refractivity contribution in [3.8, 4) is 0 Å². The van der Waals surface area contributed by atoms with Crippen LogP contribution >= 0.6 is 0 Å². The molecule has 0 atom stereocenters. The molecule has 0 fully saturated rings. The van der Waals surface area contributed by atoms with E-state index in [4.69, 9.17) is 9.52 Å². The second-order valence-corrected chi connectivity index (χ2v) is 3.18. The maximum Gasteiger partial charge on any atom is 0.392 e. The highest BCUT2D eigenvalue weighted by Gasteiger charge is 2.22. The van der Waals surface area contributed by atoms with Crippen LogP contribution in [0.1, 0.15) is 22.1 Å². The molecule has 1 aliphatic rings. The molecule has 0 saturated carbocycles. The smallest absolute Gasteiger partial charge is 0.392 e. The van der Waals surface area contributed by atoms with Crippen LogP contribution in [0.25, 0.3) is 0 Å². The van der Waals surface area contributed by atoms with Crippen LogP contribution < -0.4 is 0 Å². The molecule has 2 rings (SSSR count). The standard InChI is InChI=1S/C8H10N2O3/c1-10-3-2-6-5(4-10)9-7(13-6)8(11)12/h2-4H2,1H3,(H,11,12). The van der Waals surface area contributed by atoms with E-state index in [2.05, 4.69) is 9.88 Å². The Morgan fingerprint density at radius 2 is 2.46 bits per heavy atom. The highest BCUT2D eigenvalue weighted by atomic mass is 16.4. The summed E-state index contributed by atoms with van der Waals surface area (Å²) in [6.45, 7) is 1.56. The lowest BCUT2D eigenvalue weighted by atomic mass is 10.2. The van der Waals surface area contributed by atoms with Crippen LogP contribution in [0, 0.1) is 0 Å². The number of nitrogens with zero attached hydrogens (tertiary/aromatic N) is 2. The largest absolute Gasteiger partial charge is 0.474 e. The van der Waals surface area contributed by atoms with Crippen molar-refractivity contribution in [3.63, 3.8) is 0 Å². The van der Waals surface area contributed by atoms with Crippen molar-refractivity contribution in [3.05, 3.63) is 17.3 Å². The van der Waals surface area contributed by atoms with E-state index in [-0.39, 0.29) is 5.89 Å². The van der Waals surface area contributed by atoms with Crippen molar-refractivity contribution >= 4 is 5.97 Å². The molecule has 1 aliphatic heterocycles. The van der Waals surface area contributed by atoms with E-state index in [1.807, 2.05) is 7.05 Å². The highest BCUT2D eigenvalue weighted by Crippen LogP contribution is 2.18. The average molecular weight is 182 g/mol. The van der Waals surface area contributed by atoms with E-state index in [0.29, 0.717) is 6.54 Å². The van der Waals surface area contributed by atoms with Gasteiger partial charge in [-0.25, -0.2) is 9.78 Å². The predicted octanol–water partition coefficient (Wildman–Crippen LogP) is 0.361. The first kappa shape index (κ1) is 8.25. The third-order valence-corrected chi connectivity index (χ3v) is 2.10. The molecule has 0 aliphatic carbocycles. The van der Waals surface area contributed by atoms with Crippen LogP contribution in [-0.2, 0) is 13.0 Å². The van der Waals surface area contributed by atoms with Gasteiger partial charge in [0.2, 0.25) is 0 Å². The fourth-order valence-corrected chi connectivity index (χ4v) is 1.42. The number of oxazole rings is 1.